The molecule has 0 amide bonds. The molecular formula is C20H24N2O5. The predicted octanol–water partition coefficient (Wildman–Crippen LogP) is 3.18. The third-order valence-corrected chi connectivity index (χ3v) is 4.06. The predicted molar refractivity (Wildman–Crippen MR) is 101 cm³/mol. The Kier molecular flexibility index (Phi) is 6.76. The van der Waals surface area contributed by atoms with E-state index in [0.29, 0.717) is 28.5 Å². The van der Waals surface area contributed by atoms with Gasteiger partial charge in [0.2, 0.25) is 5.75 Å². The Morgan fingerprint density at radius 3 is 2.22 bits per heavy atom. The zero-order chi connectivity index (χ0) is 20.0. The van der Waals surface area contributed by atoms with E-state index >= 15 is 0 Å². The number of hydrogen-bond acceptors (Lipinski definition) is 7. The van der Waals surface area contributed by atoms with E-state index < -0.39 is 5.97 Å². The molecule has 0 aliphatic rings. The lowest BCUT2D eigenvalue weighted by atomic mass is 10.1. The van der Waals surface area contributed by atoms with Crippen molar-refractivity contribution in [3.8, 4) is 17.2 Å². The van der Waals surface area contributed by atoms with Gasteiger partial charge >= 0.3 is 5.97 Å². The van der Waals surface area contributed by atoms with E-state index in [2.05, 4.69) is 9.97 Å². The molecule has 0 atom stereocenters. The first-order valence-electron chi connectivity index (χ1n) is 8.35. The maximum absolute atomic E-state index is 12.1. The van der Waals surface area contributed by atoms with Crippen LogP contribution in [0.5, 0.6) is 17.2 Å². The van der Waals surface area contributed by atoms with Crippen molar-refractivity contribution in [1.29, 1.82) is 0 Å². The highest BCUT2D eigenvalue weighted by molar-refractivity contribution is 5.88. The molecule has 144 valence electrons. The number of aromatic nitrogens is 2. The lowest BCUT2D eigenvalue weighted by molar-refractivity contribution is -0.139. The molecule has 0 saturated carbocycles. The Labute approximate surface area is 159 Å². The molecule has 0 spiro atoms. The molecule has 1 aromatic carbocycles. The average molecular weight is 372 g/mol. The normalized spacial score (nSPS) is 10.7. The van der Waals surface area contributed by atoms with Gasteiger partial charge in [0.25, 0.3) is 0 Å². The van der Waals surface area contributed by atoms with Crippen LogP contribution >= 0.6 is 0 Å². The molecule has 7 heteroatoms. The van der Waals surface area contributed by atoms with Crippen LogP contribution in [0.15, 0.2) is 18.2 Å². The fourth-order valence-corrected chi connectivity index (χ4v) is 2.50. The number of carbonyl (C=O) groups excluding carboxylic acids is 1. The number of rotatable bonds is 7. The largest absolute Gasteiger partial charge is 0.493 e. The first kappa shape index (κ1) is 20.2. The van der Waals surface area contributed by atoms with Crippen molar-refractivity contribution < 1.29 is 23.7 Å². The molecule has 0 N–H and O–H groups in total. The minimum atomic E-state index is -0.494. The van der Waals surface area contributed by atoms with Crippen LogP contribution in [0.3, 0.4) is 0 Å². The molecule has 0 saturated heterocycles. The smallest absolute Gasteiger partial charge is 0.331 e. The summed E-state index contributed by atoms with van der Waals surface area (Å²) in [5.74, 6) is 0.970. The molecule has 0 aliphatic carbocycles. The minimum Gasteiger partial charge on any atom is -0.493 e. The number of hydrogen-bond donors (Lipinski definition) is 0. The molecule has 2 rings (SSSR count). The topological polar surface area (TPSA) is 79.8 Å². The molecule has 0 fully saturated rings. The average Bonchev–Trinajstić information content (AvgIpc) is 2.66. The molecule has 0 unspecified atom stereocenters. The van der Waals surface area contributed by atoms with Crippen LogP contribution in [0.1, 0.15) is 28.3 Å². The van der Waals surface area contributed by atoms with Gasteiger partial charge in [0.1, 0.15) is 6.61 Å². The summed E-state index contributed by atoms with van der Waals surface area (Å²) in [5.41, 5.74) is 3.73. The maximum Gasteiger partial charge on any atom is 0.331 e. The van der Waals surface area contributed by atoms with Gasteiger partial charge in [-0.3, -0.25) is 9.97 Å². The number of methoxy groups -OCH3 is 3. The highest BCUT2D eigenvalue weighted by Crippen LogP contribution is 2.40. The van der Waals surface area contributed by atoms with Gasteiger partial charge < -0.3 is 18.9 Å². The van der Waals surface area contributed by atoms with Crippen LogP contribution < -0.4 is 14.2 Å². The van der Waals surface area contributed by atoms with Crippen molar-refractivity contribution in [3.05, 3.63) is 46.5 Å². The third kappa shape index (κ3) is 4.75. The summed E-state index contributed by atoms with van der Waals surface area (Å²) >= 11 is 0. The molecule has 0 bridgehead atoms. The SMILES string of the molecule is COc1ccc(/C=C/C(=O)OCc2nc(C)c(C)nc2C)c(OC)c1OC. The van der Waals surface area contributed by atoms with Gasteiger partial charge in [-0.15, -0.1) is 0 Å². The Morgan fingerprint density at radius 1 is 0.926 bits per heavy atom. The first-order chi connectivity index (χ1) is 12.9. The van der Waals surface area contributed by atoms with Gasteiger partial charge in [0.05, 0.1) is 44.1 Å². The Bertz CT molecular complexity index is 862. The van der Waals surface area contributed by atoms with Crippen molar-refractivity contribution in [2.75, 3.05) is 21.3 Å². The highest BCUT2D eigenvalue weighted by Gasteiger charge is 2.14. The van der Waals surface area contributed by atoms with E-state index in [1.54, 1.807) is 25.3 Å². The number of aryl methyl sites for hydroxylation is 3. The summed E-state index contributed by atoms with van der Waals surface area (Å²) in [6, 6.07) is 3.50. The van der Waals surface area contributed by atoms with Crippen LogP contribution in [0.4, 0.5) is 0 Å². The number of ether oxygens (including phenoxy) is 4. The quantitative estimate of drug-likeness (QED) is 0.545. The van der Waals surface area contributed by atoms with Crippen LogP contribution in [0, 0.1) is 20.8 Å². The Morgan fingerprint density at radius 2 is 1.59 bits per heavy atom. The van der Waals surface area contributed by atoms with Crippen molar-refractivity contribution in [2.45, 2.75) is 27.4 Å². The summed E-state index contributed by atoms with van der Waals surface area (Å²) < 4.78 is 21.2. The molecule has 0 aliphatic heterocycles. The Hall–Kier alpha value is -3.09. The van der Waals surface area contributed by atoms with E-state index in [-0.39, 0.29) is 6.61 Å². The number of esters is 1. The van der Waals surface area contributed by atoms with Gasteiger partial charge in [-0.1, -0.05) is 0 Å². The lowest BCUT2D eigenvalue weighted by Gasteiger charge is -2.13. The standard InChI is InChI=1S/C20H24N2O5/c1-12-13(2)22-16(14(3)21-12)11-27-18(23)10-8-15-7-9-17(24-4)20(26-6)19(15)25-5/h7-10H,11H2,1-6H3/b10-8+. The lowest BCUT2D eigenvalue weighted by Crippen LogP contribution is -2.07. The zero-order valence-electron chi connectivity index (χ0n) is 16.5. The number of nitrogens with zero attached hydrogens (tertiary/aromatic N) is 2. The van der Waals surface area contributed by atoms with Crippen molar-refractivity contribution in [3.63, 3.8) is 0 Å². The van der Waals surface area contributed by atoms with E-state index in [4.69, 9.17) is 18.9 Å². The summed E-state index contributed by atoms with van der Waals surface area (Å²) in [4.78, 5) is 20.9. The summed E-state index contributed by atoms with van der Waals surface area (Å²) in [6.45, 7) is 5.67. The fourth-order valence-electron chi connectivity index (χ4n) is 2.50. The number of carbonyl (C=O) groups is 1. The minimum absolute atomic E-state index is 0.0617. The van der Waals surface area contributed by atoms with Gasteiger partial charge in [0.15, 0.2) is 11.5 Å². The third-order valence-electron chi connectivity index (χ3n) is 4.06. The molecule has 7 nitrogen and oxygen atoms in total. The second-order valence-corrected chi connectivity index (χ2v) is 5.79. The maximum atomic E-state index is 12.1. The van der Waals surface area contributed by atoms with Crippen molar-refractivity contribution in [1.82, 2.24) is 9.97 Å². The second-order valence-electron chi connectivity index (χ2n) is 5.79. The van der Waals surface area contributed by atoms with Crippen LogP contribution in [-0.4, -0.2) is 37.3 Å². The second kappa shape index (κ2) is 9.02. The first-order valence-corrected chi connectivity index (χ1v) is 8.35. The van der Waals surface area contributed by atoms with Crippen molar-refractivity contribution in [2.24, 2.45) is 0 Å². The van der Waals surface area contributed by atoms with Crippen LogP contribution in [-0.2, 0) is 16.1 Å². The molecule has 0 radical (unpaired) electrons. The van der Waals surface area contributed by atoms with Crippen molar-refractivity contribution >= 4 is 12.0 Å². The molecule has 1 aromatic heterocycles. The monoisotopic (exact) mass is 372 g/mol. The van der Waals surface area contributed by atoms with E-state index in [1.807, 2.05) is 20.8 Å². The van der Waals surface area contributed by atoms with E-state index in [0.717, 1.165) is 17.1 Å². The highest BCUT2D eigenvalue weighted by atomic mass is 16.5. The van der Waals surface area contributed by atoms with Gasteiger partial charge in [-0.05, 0) is 39.0 Å². The summed E-state index contributed by atoms with van der Waals surface area (Å²) in [7, 11) is 4.59. The van der Waals surface area contributed by atoms with E-state index in [1.165, 1.54) is 20.3 Å². The van der Waals surface area contributed by atoms with Crippen LogP contribution in [0.25, 0.3) is 6.08 Å². The van der Waals surface area contributed by atoms with E-state index in [9.17, 15) is 4.79 Å². The van der Waals surface area contributed by atoms with Gasteiger partial charge in [-0.2, -0.15) is 0 Å². The Balaban J connectivity index is 2.12. The summed E-state index contributed by atoms with van der Waals surface area (Å²) in [5, 5.41) is 0. The van der Waals surface area contributed by atoms with Gasteiger partial charge in [-0.25, -0.2) is 4.79 Å². The van der Waals surface area contributed by atoms with Gasteiger partial charge in [0, 0.05) is 11.6 Å². The zero-order valence-corrected chi connectivity index (χ0v) is 16.5. The fraction of sp³-hybridized carbons (Fsp3) is 0.350. The van der Waals surface area contributed by atoms with Crippen LogP contribution in [0.2, 0.25) is 0 Å². The summed E-state index contributed by atoms with van der Waals surface area (Å²) in [6.07, 6.45) is 2.93. The molecule has 27 heavy (non-hydrogen) atoms. The number of benzene rings is 1. The molecule has 1 heterocycles. The molecule has 2 aromatic rings. The molecular weight excluding hydrogens is 348 g/mol.